The molecule has 5 nitrogen and oxygen atoms in total. The minimum Gasteiger partial charge on any atom is -0.478 e. The van der Waals surface area contributed by atoms with Crippen LogP contribution in [-0.2, 0) is 0 Å². The van der Waals surface area contributed by atoms with E-state index in [1.54, 1.807) is 12.1 Å². The molecule has 2 amide bonds. The molecule has 1 aromatic rings. The third kappa shape index (κ3) is 6.29. The molecule has 0 aliphatic carbocycles. The minimum atomic E-state index is -1.01. The summed E-state index contributed by atoms with van der Waals surface area (Å²) >= 11 is 0. The molecule has 0 spiro atoms. The highest BCUT2D eigenvalue weighted by atomic mass is 16.4. The number of unbranched alkanes of at least 4 members (excludes halogenated alkanes) is 1. The first-order valence-corrected chi connectivity index (χ1v) is 7.45. The summed E-state index contributed by atoms with van der Waals surface area (Å²) in [5.74, 6) is -0.522. The van der Waals surface area contributed by atoms with Gasteiger partial charge in [0.1, 0.15) is 0 Å². The first-order valence-electron chi connectivity index (χ1n) is 7.45. The number of carbonyl (C=O) groups is 2. The molecule has 0 aliphatic heterocycles. The van der Waals surface area contributed by atoms with E-state index < -0.39 is 5.97 Å². The average molecular weight is 292 g/mol. The standard InChI is InChI=1S/C16H24N2O3/c1-3-5-7-12(4-2)11-17-16(21)18-14-9-6-8-13(10-14)15(19)20/h6,8-10,12H,3-5,7,11H2,1-2H3,(H,19,20)(H2,17,18,21). The van der Waals surface area contributed by atoms with Crippen LogP contribution in [0.1, 0.15) is 49.9 Å². The molecule has 5 heteroatoms. The van der Waals surface area contributed by atoms with Crippen molar-refractivity contribution in [2.75, 3.05) is 11.9 Å². The summed E-state index contributed by atoms with van der Waals surface area (Å²) in [7, 11) is 0. The Morgan fingerprint density at radius 2 is 2.05 bits per heavy atom. The van der Waals surface area contributed by atoms with Gasteiger partial charge in [0.15, 0.2) is 0 Å². The molecule has 0 heterocycles. The molecular formula is C16H24N2O3. The van der Waals surface area contributed by atoms with E-state index in [1.165, 1.54) is 18.6 Å². The van der Waals surface area contributed by atoms with Crippen molar-refractivity contribution >= 4 is 17.7 Å². The Balaban J connectivity index is 2.46. The first kappa shape index (κ1) is 17.0. The van der Waals surface area contributed by atoms with Gasteiger partial charge in [-0.25, -0.2) is 9.59 Å². The van der Waals surface area contributed by atoms with Crippen LogP contribution in [0.2, 0.25) is 0 Å². The number of urea groups is 1. The van der Waals surface area contributed by atoms with Gasteiger partial charge < -0.3 is 15.7 Å². The second kappa shape index (κ2) is 9.00. The zero-order valence-corrected chi connectivity index (χ0v) is 12.7. The van der Waals surface area contributed by atoms with E-state index in [1.807, 2.05) is 0 Å². The summed E-state index contributed by atoms with van der Waals surface area (Å²) in [5.41, 5.74) is 0.635. The van der Waals surface area contributed by atoms with Gasteiger partial charge in [0.05, 0.1) is 5.56 Å². The first-order chi connectivity index (χ1) is 10.1. The van der Waals surface area contributed by atoms with Crippen LogP contribution < -0.4 is 10.6 Å². The molecule has 0 aliphatic rings. The molecule has 1 atom stereocenters. The van der Waals surface area contributed by atoms with Gasteiger partial charge in [-0.05, 0) is 30.5 Å². The van der Waals surface area contributed by atoms with Gasteiger partial charge in [-0.3, -0.25) is 0 Å². The van der Waals surface area contributed by atoms with E-state index >= 15 is 0 Å². The van der Waals surface area contributed by atoms with Crippen molar-refractivity contribution in [1.82, 2.24) is 5.32 Å². The molecule has 0 saturated carbocycles. The molecule has 3 N–H and O–H groups in total. The normalized spacial score (nSPS) is 11.7. The largest absolute Gasteiger partial charge is 0.478 e. The Hall–Kier alpha value is -2.04. The molecule has 0 saturated heterocycles. The van der Waals surface area contributed by atoms with Gasteiger partial charge in [0, 0.05) is 12.2 Å². The third-order valence-electron chi connectivity index (χ3n) is 3.46. The number of hydrogen-bond acceptors (Lipinski definition) is 2. The van der Waals surface area contributed by atoms with Crippen molar-refractivity contribution in [3.05, 3.63) is 29.8 Å². The monoisotopic (exact) mass is 292 g/mol. The molecule has 0 fully saturated rings. The number of carboxylic acid groups (broad SMARTS) is 1. The zero-order valence-electron chi connectivity index (χ0n) is 12.7. The summed E-state index contributed by atoms with van der Waals surface area (Å²) in [6.07, 6.45) is 4.48. The van der Waals surface area contributed by atoms with Gasteiger partial charge in [-0.1, -0.05) is 39.2 Å². The van der Waals surface area contributed by atoms with Gasteiger partial charge >= 0.3 is 12.0 Å². The highest BCUT2D eigenvalue weighted by molar-refractivity contribution is 5.93. The van der Waals surface area contributed by atoms with E-state index in [0.29, 0.717) is 18.2 Å². The van der Waals surface area contributed by atoms with E-state index in [2.05, 4.69) is 24.5 Å². The SMILES string of the molecule is CCCCC(CC)CNC(=O)Nc1cccc(C(=O)O)c1. The second-order valence-corrected chi connectivity index (χ2v) is 5.14. The van der Waals surface area contributed by atoms with Gasteiger partial charge in [0.25, 0.3) is 0 Å². The van der Waals surface area contributed by atoms with E-state index in [-0.39, 0.29) is 11.6 Å². The zero-order chi connectivity index (χ0) is 15.7. The van der Waals surface area contributed by atoms with Crippen molar-refractivity contribution in [1.29, 1.82) is 0 Å². The lowest BCUT2D eigenvalue weighted by Crippen LogP contribution is -2.33. The van der Waals surface area contributed by atoms with Gasteiger partial charge in [-0.15, -0.1) is 0 Å². The molecule has 1 aromatic carbocycles. The van der Waals surface area contributed by atoms with Crippen molar-refractivity contribution in [2.24, 2.45) is 5.92 Å². The molecule has 0 bridgehead atoms. The lowest BCUT2D eigenvalue weighted by atomic mass is 9.99. The van der Waals surface area contributed by atoms with Crippen LogP contribution >= 0.6 is 0 Å². The lowest BCUT2D eigenvalue weighted by molar-refractivity contribution is 0.0697. The molecule has 0 aromatic heterocycles. The number of carbonyl (C=O) groups excluding carboxylic acids is 1. The fourth-order valence-electron chi connectivity index (χ4n) is 2.09. The molecule has 0 radical (unpaired) electrons. The second-order valence-electron chi connectivity index (χ2n) is 5.14. The Morgan fingerprint density at radius 1 is 1.29 bits per heavy atom. The number of amides is 2. The number of hydrogen-bond donors (Lipinski definition) is 3. The predicted octanol–water partition coefficient (Wildman–Crippen LogP) is 3.72. The van der Waals surface area contributed by atoms with Crippen molar-refractivity contribution in [3.8, 4) is 0 Å². The summed E-state index contributed by atoms with van der Waals surface area (Å²) in [4.78, 5) is 22.7. The maximum Gasteiger partial charge on any atom is 0.335 e. The summed E-state index contributed by atoms with van der Waals surface area (Å²) in [5, 5.41) is 14.4. The third-order valence-corrected chi connectivity index (χ3v) is 3.46. The van der Waals surface area contributed by atoms with Gasteiger partial charge in [0.2, 0.25) is 0 Å². The Labute approximate surface area is 125 Å². The highest BCUT2D eigenvalue weighted by Crippen LogP contribution is 2.12. The van der Waals surface area contributed by atoms with Crippen molar-refractivity contribution in [2.45, 2.75) is 39.5 Å². The molecular weight excluding hydrogens is 268 g/mol. The number of aromatic carboxylic acids is 1. The van der Waals surface area contributed by atoms with E-state index in [0.717, 1.165) is 19.3 Å². The van der Waals surface area contributed by atoms with Crippen LogP contribution in [0.15, 0.2) is 24.3 Å². The average Bonchev–Trinajstić information content (AvgIpc) is 2.47. The maximum atomic E-state index is 11.8. The van der Waals surface area contributed by atoms with Crippen LogP contribution in [-0.4, -0.2) is 23.7 Å². The lowest BCUT2D eigenvalue weighted by Gasteiger charge is -2.15. The number of benzene rings is 1. The van der Waals surface area contributed by atoms with Crippen LogP contribution in [0, 0.1) is 5.92 Å². The van der Waals surface area contributed by atoms with Crippen molar-refractivity contribution in [3.63, 3.8) is 0 Å². The highest BCUT2D eigenvalue weighted by Gasteiger charge is 2.09. The number of nitrogens with one attached hydrogen (secondary N) is 2. The quantitative estimate of drug-likeness (QED) is 0.683. The Kier molecular flexibility index (Phi) is 7.29. The minimum absolute atomic E-state index is 0.155. The van der Waals surface area contributed by atoms with Crippen LogP contribution in [0.3, 0.4) is 0 Å². The van der Waals surface area contributed by atoms with Crippen LogP contribution in [0.25, 0.3) is 0 Å². The Morgan fingerprint density at radius 3 is 2.67 bits per heavy atom. The molecule has 21 heavy (non-hydrogen) atoms. The van der Waals surface area contributed by atoms with Gasteiger partial charge in [-0.2, -0.15) is 0 Å². The number of rotatable bonds is 8. The predicted molar refractivity (Wildman–Crippen MR) is 83.7 cm³/mol. The fourth-order valence-corrected chi connectivity index (χ4v) is 2.09. The van der Waals surface area contributed by atoms with E-state index in [4.69, 9.17) is 5.11 Å². The van der Waals surface area contributed by atoms with Crippen molar-refractivity contribution < 1.29 is 14.7 Å². The maximum absolute atomic E-state index is 11.8. The summed E-state index contributed by atoms with van der Waals surface area (Å²) in [6.45, 7) is 4.92. The summed E-state index contributed by atoms with van der Waals surface area (Å²) in [6, 6.07) is 5.90. The fraction of sp³-hybridized carbons (Fsp3) is 0.500. The topological polar surface area (TPSA) is 78.4 Å². The Bertz CT molecular complexity index is 474. The molecule has 1 rings (SSSR count). The number of carboxylic acids is 1. The number of anilines is 1. The molecule has 1 unspecified atom stereocenters. The van der Waals surface area contributed by atoms with E-state index in [9.17, 15) is 9.59 Å². The summed E-state index contributed by atoms with van der Waals surface area (Å²) < 4.78 is 0. The van der Waals surface area contributed by atoms with Crippen LogP contribution in [0.4, 0.5) is 10.5 Å². The molecule has 116 valence electrons. The smallest absolute Gasteiger partial charge is 0.335 e. The van der Waals surface area contributed by atoms with Crippen LogP contribution in [0.5, 0.6) is 0 Å².